The Morgan fingerprint density at radius 1 is 0.667 bits per heavy atom. The van der Waals surface area contributed by atoms with E-state index in [4.69, 9.17) is 11.5 Å². The number of carbonyl (C=O) groups excluding carboxylic acids is 2. The fraction of sp³-hybridized carbons (Fsp3) is 0.923. The molecule has 2 rings (SSSR count). The molecule has 0 spiro atoms. The van der Waals surface area contributed by atoms with Crippen molar-refractivity contribution in [1.29, 1.82) is 0 Å². The third-order valence-electron chi connectivity index (χ3n) is 6.63. The van der Waals surface area contributed by atoms with Gasteiger partial charge in [-0.3, -0.25) is 0 Å². The van der Waals surface area contributed by atoms with Gasteiger partial charge >= 0.3 is 12.1 Å². The number of urea groups is 2. The van der Waals surface area contributed by atoms with Gasteiger partial charge in [0.25, 0.3) is 0 Å². The van der Waals surface area contributed by atoms with Crippen LogP contribution in [0.2, 0.25) is 0 Å². The number of carbonyl (C=O) groups is 2. The molecule has 7 N–H and O–H groups in total. The number of rotatable bonds is 21. The number of unbranched alkanes of at least 4 members (excludes halogenated alkanes) is 7. The second-order valence-electron chi connectivity index (χ2n) is 9.73. The fourth-order valence-electron chi connectivity index (χ4n) is 4.37. The van der Waals surface area contributed by atoms with Gasteiger partial charge < -0.3 is 42.1 Å². The highest BCUT2D eigenvalue weighted by molar-refractivity contribution is 5.76. The molecule has 2 aliphatic rings. The smallest absolute Gasteiger partial charge is 0.320 e. The van der Waals surface area contributed by atoms with Crippen molar-refractivity contribution in [2.24, 2.45) is 11.5 Å². The zero-order chi connectivity index (χ0) is 26.3. The van der Waals surface area contributed by atoms with Crippen LogP contribution in [0.1, 0.15) is 71.1 Å². The van der Waals surface area contributed by atoms with Crippen molar-refractivity contribution in [2.75, 3.05) is 85.1 Å². The van der Waals surface area contributed by atoms with E-state index in [1.54, 1.807) is 0 Å². The Morgan fingerprint density at radius 2 is 1.28 bits per heavy atom. The summed E-state index contributed by atoms with van der Waals surface area (Å²) in [7, 11) is 0. The Kier molecular flexibility index (Phi) is 20.3. The van der Waals surface area contributed by atoms with Gasteiger partial charge in [0.2, 0.25) is 0 Å². The molecule has 2 heterocycles. The maximum absolute atomic E-state index is 11.9. The van der Waals surface area contributed by atoms with Gasteiger partial charge in [0.05, 0.1) is 0 Å². The van der Waals surface area contributed by atoms with Gasteiger partial charge in [-0.25, -0.2) is 9.59 Å². The lowest BCUT2D eigenvalue weighted by Crippen LogP contribution is -2.38. The molecule has 0 bridgehead atoms. The quantitative estimate of drug-likeness (QED) is 0.149. The van der Waals surface area contributed by atoms with Gasteiger partial charge in [0.1, 0.15) is 0 Å². The lowest BCUT2D eigenvalue weighted by molar-refractivity contribution is 0.193. The van der Waals surface area contributed by atoms with E-state index >= 15 is 0 Å². The Hall–Kier alpha value is -1.62. The van der Waals surface area contributed by atoms with Gasteiger partial charge in [0, 0.05) is 58.9 Å². The van der Waals surface area contributed by atoms with Crippen LogP contribution in [0, 0.1) is 0 Å². The van der Waals surface area contributed by atoms with E-state index in [2.05, 4.69) is 22.9 Å². The van der Waals surface area contributed by atoms with Crippen molar-refractivity contribution in [2.45, 2.75) is 71.1 Å². The van der Waals surface area contributed by atoms with E-state index < -0.39 is 0 Å². The topological polar surface area (TPSA) is 132 Å². The van der Waals surface area contributed by atoms with Crippen LogP contribution in [0.25, 0.3) is 0 Å². The van der Waals surface area contributed by atoms with Crippen LogP contribution in [0.5, 0.6) is 0 Å². The largest absolute Gasteiger partial charge is 0.336 e. The zero-order valence-electron chi connectivity index (χ0n) is 23.1. The summed E-state index contributed by atoms with van der Waals surface area (Å²) in [5.74, 6) is 0. The van der Waals surface area contributed by atoms with E-state index in [0.29, 0.717) is 13.1 Å². The van der Waals surface area contributed by atoms with E-state index in [1.165, 1.54) is 51.4 Å². The predicted octanol–water partition coefficient (Wildman–Crippen LogP) is 1.75. The van der Waals surface area contributed by atoms with E-state index in [0.717, 1.165) is 84.8 Å². The highest BCUT2D eigenvalue weighted by Crippen LogP contribution is 2.07. The first kappa shape index (κ1) is 32.4. The molecule has 0 radical (unpaired) electrons. The summed E-state index contributed by atoms with van der Waals surface area (Å²) in [6.45, 7) is 13.5. The SMILES string of the molecule is CCCCCCNCCN1CCN(CCN)C1=O.NCCCCCNCCCCCN1CCNC1=O. The molecule has 0 saturated carbocycles. The van der Waals surface area contributed by atoms with Crippen molar-refractivity contribution in [3.63, 3.8) is 0 Å². The lowest BCUT2D eigenvalue weighted by Gasteiger charge is -2.18. The Balaban J connectivity index is 0.000000360. The molecule has 0 aromatic heterocycles. The monoisotopic (exact) mass is 512 g/mol. The van der Waals surface area contributed by atoms with Crippen molar-refractivity contribution in [3.8, 4) is 0 Å². The van der Waals surface area contributed by atoms with Crippen LogP contribution in [-0.2, 0) is 0 Å². The molecule has 2 aliphatic heterocycles. The molecule has 36 heavy (non-hydrogen) atoms. The number of nitrogens with two attached hydrogens (primary N) is 2. The van der Waals surface area contributed by atoms with Crippen LogP contribution in [0.15, 0.2) is 0 Å². The maximum Gasteiger partial charge on any atom is 0.320 e. The van der Waals surface area contributed by atoms with Crippen molar-refractivity contribution in [1.82, 2.24) is 30.7 Å². The number of hydrogen-bond donors (Lipinski definition) is 5. The number of nitrogens with one attached hydrogen (secondary N) is 3. The average Bonchev–Trinajstić information content (AvgIpc) is 3.45. The van der Waals surface area contributed by atoms with Gasteiger partial charge in [-0.1, -0.05) is 39.0 Å². The first-order valence-electron chi connectivity index (χ1n) is 14.5. The third-order valence-corrected chi connectivity index (χ3v) is 6.63. The van der Waals surface area contributed by atoms with Gasteiger partial charge in [-0.2, -0.15) is 0 Å². The lowest BCUT2D eigenvalue weighted by atomic mass is 10.2. The first-order chi connectivity index (χ1) is 17.6. The standard InChI is InChI=1S/2C13H28N4O/c14-7-3-1-4-8-15-9-5-2-6-11-17-12-10-16-13(17)18;1-2-3-4-5-7-15-8-10-17-12-11-16(9-6-14)13(17)18/h15H,1-12,14H2,(H,16,18);15H,2-12,14H2,1H3. The summed E-state index contributed by atoms with van der Waals surface area (Å²) >= 11 is 0. The van der Waals surface area contributed by atoms with Crippen LogP contribution < -0.4 is 27.4 Å². The fourth-order valence-corrected chi connectivity index (χ4v) is 4.37. The van der Waals surface area contributed by atoms with E-state index in [1.807, 2.05) is 14.7 Å². The summed E-state index contributed by atoms with van der Waals surface area (Å²) < 4.78 is 0. The molecule has 0 aromatic carbocycles. The van der Waals surface area contributed by atoms with Crippen LogP contribution in [0.4, 0.5) is 9.59 Å². The van der Waals surface area contributed by atoms with E-state index in [9.17, 15) is 9.59 Å². The summed E-state index contributed by atoms with van der Waals surface area (Å²) in [5, 5.41) is 9.67. The van der Waals surface area contributed by atoms with Gasteiger partial charge in [-0.05, 0) is 58.3 Å². The van der Waals surface area contributed by atoms with Crippen molar-refractivity contribution >= 4 is 12.1 Å². The van der Waals surface area contributed by atoms with Crippen LogP contribution >= 0.6 is 0 Å². The second-order valence-corrected chi connectivity index (χ2v) is 9.73. The van der Waals surface area contributed by atoms with Crippen molar-refractivity contribution < 1.29 is 9.59 Å². The number of amides is 4. The molecule has 0 atom stereocenters. The molecule has 0 aromatic rings. The molecule has 0 aliphatic carbocycles. The highest BCUT2D eigenvalue weighted by atomic mass is 16.2. The van der Waals surface area contributed by atoms with Crippen molar-refractivity contribution in [3.05, 3.63) is 0 Å². The summed E-state index contributed by atoms with van der Waals surface area (Å²) in [5.41, 5.74) is 10.9. The molecule has 0 unspecified atom stereocenters. The minimum atomic E-state index is 0.105. The average molecular weight is 513 g/mol. The molecular formula is C26H56N8O2. The summed E-state index contributed by atoms with van der Waals surface area (Å²) in [6, 6.07) is 0.251. The predicted molar refractivity (Wildman–Crippen MR) is 149 cm³/mol. The molecular weight excluding hydrogens is 456 g/mol. The normalized spacial score (nSPS) is 15.5. The minimum absolute atomic E-state index is 0.105. The summed E-state index contributed by atoms with van der Waals surface area (Å²) in [6.07, 6.45) is 12.2. The second kappa shape index (κ2) is 22.6. The molecule has 2 saturated heterocycles. The zero-order valence-corrected chi connectivity index (χ0v) is 23.1. The minimum Gasteiger partial charge on any atom is -0.336 e. The first-order valence-corrected chi connectivity index (χ1v) is 14.5. The molecule has 4 amide bonds. The van der Waals surface area contributed by atoms with E-state index in [-0.39, 0.29) is 12.1 Å². The molecule has 10 nitrogen and oxygen atoms in total. The van der Waals surface area contributed by atoms with Gasteiger partial charge in [0.15, 0.2) is 0 Å². The Bertz CT molecular complexity index is 552. The molecule has 2 fully saturated rings. The Morgan fingerprint density at radius 3 is 1.86 bits per heavy atom. The number of hydrogen-bond acceptors (Lipinski definition) is 6. The maximum atomic E-state index is 11.9. The highest BCUT2D eigenvalue weighted by Gasteiger charge is 2.26. The van der Waals surface area contributed by atoms with Gasteiger partial charge in [-0.15, -0.1) is 0 Å². The molecule has 212 valence electrons. The van der Waals surface area contributed by atoms with Crippen LogP contribution in [-0.4, -0.2) is 112 Å². The number of nitrogens with zero attached hydrogens (tertiary/aromatic N) is 3. The molecule has 10 heteroatoms. The summed E-state index contributed by atoms with van der Waals surface area (Å²) in [4.78, 5) is 28.8. The third kappa shape index (κ3) is 15.5. The van der Waals surface area contributed by atoms with Crippen LogP contribution in [0.3, 0.4) is 0 Å². The Labute approximate surface area is 220 Å².